The summed E-state index contributed by atoms with van der Waals surface area (Å²) < 4.78 is 5.84. The van der Waals surface area contributed by atoms with Crippen LogP contribution >= 0.6 is 0 Å². The van der Waals surface area contributed by atoms with Crippen LogP contribution in [0.15, 0.2) is 24.3 Å². The van der Waals surface area contributed by atoms with Crippen LogP contribution in [0.1, 0.15) is 57.1 Å². The van der Waals surface area contributed by atoms with E-state index in [0.29, 0.717) is 0 Å². The van der Waals surface area contributed by atoms with Crippen LogP contribution in [0, 0.1) is 5.92 Å². The first-order valence-electron chi connectivity index (χ1n) is 7.24. The third-order valence-corrected chi connectivity index (χ3v) is 3.90. The Morgan fingerprint density at radius 3 is 2.78 bits per heavy atom. The maximum absolute atomic E-state index is 5.87. The molecule has 18 heavy (non-hydrogen) atoms. The Morgan fingerprint density at radius 1 is 1.28 bits per heavy atom. The lowest BCUT2D eigenvalue weighted by Crippen LogP contribution is -2.11. The molecule has 0 aliphatic heterocycles. The molecule has 2 heteroatoms. The zero-order valence-electron chi connectivity index (χ0n) is 11.4. The summed E-state index contributed by atoms with van der Waals surface area (Å²) in [6.45, 7) is 2.84. The van der Waals surface area contributed by atoms with Crippen molar-refractivity contribution in [1.82, 2.24) is 0 Å². The Labute approximate surface area is 111 Å². The van der Waals surface area contributed by atoms with E-state index in [4.69, 9.17) is 10.5 Å². The Kier molecular flexibility index (Phi) is 5.06. The van der Waals surface area contributed by atoms with Gasteiger partial charge in [-0.1, -0.05) is 44.2 Å². The van der Waals surface area contributed by atoms with Crippen LogP contribution in [-0.2, 0) is 0 Å². The smallest absolute Gasteiger partial charge is 0.119 e. The largest absolute Gasteiger partial charge is 0.494 e. The lowest BCUT2D eigenvalue weighted by atomic mass is 9.87. The van der Waals surface area contributed by atoms with Gasteiger partial charge >= 0.3 is 0 Å². The van der Waals surface area contributed by atoms with Crippen molar-refractivity contribution in [1.29, 1.82) is 0 Å². The molecule has 0 bridgehead atoms. The molecule has 1 atom stereocenters. The molecule has 1 aliphatic carbocycles. The van der Waals surface area contributed by atoms with Crippen molar-refractivity contribution in [2.24, 2.45) is 11.7 Å². The van der Waals surface area contributed by atoms with Gasteiger partial charge in [0, 0.05) is 6.04 Å². The Bertz CT molecular complexity index is 356. The first-order chi connectivity index (χ1) is 8.75. The summed E-state index contributed by atoms with van der Waals surface area (Å²) in [5.74, 6) is 1.84. The van der Waals surface area contributed by atoms with E-state index in [-0.39, 0.29) is 6.04 Å². The average molecular weight is 247 g/mol. The van der Waals surface area contributed by atoms with Crippen LogP contribution < -0.4 is 10.5 Å². The third-order valence-electron chi connectivity index (χ3n) is 3.90. The van der Waals surface area contributed by atoms with Crippen LogP contribution in [-0.4, -0.2) is 6.61 Å². The van der Waals surface area contributed by atoms with E-state index >= 15 is 0 Å². The van der Waals surface area contributed by atoms with E-state index in [2.05, 4.69) is 12.1 Å². The molecule has 0 heterocycles. The maximum Gasteiger partial charge on any atom is 0.119 e. The molecule has 100 valence electrons. The van der Waals surface area contributed by atoms with Gasteiger partial charge in [-0.3, -0.25) is 0 Å². The normalized spacial score (nSPS) is 18.6. The molecule has 0 radical (unpaired) electrons. The molecular formula is C16H25NO. The lowest BCUT2D eigenvalue weighted by Gasteiger charge is -2.21. The number of ether oxygens (including phenoxy) is 1. The zero-order chi connectivity index (χ0) is 12.8. The number of hydrogen-bond donors (Lipinski definition) is 1. The van der Waals surface area contributed by atoms with Crippen molar-refractivity contribution in [2.45, 2.75) is 51.5 Å². The summed E-state index contributed by atoms with van der Waals surface area (Å²) in [5, 5.41) is 0. The highest BCUT2D eigenvalue weighted by Crippen LogP contribution is 2.26. The van der Waals surface area contributed by atoms with Gasteiger partial charge in [0.1, 0.15) is 5.75 Å². The van der Waals surface area contributed by atoms with Crippen molar-refractivity contribution >= 4 is 0 Å². The molecule has 0 spiro atoms. The second-order valence-electron chi connectivity index (χ2n) is 5.50. The van der Waals surface area contributed by atoms with Gasteiger partial charge in [-0.05, 0) is 37.0 Å². The molecule has 2 nitrogen and oxygen atoms in total. The fourth-order valence-corrected chi connectivity index (χ4v) is 2.71. The molecule has 0 amide bonds. The van der Waals surface area contributed by atoms with E-state index in [9.17, 15) is 0 Å². The molecule has 1 aliphatic rings. The fraction of sp³-hybridized carbons (Fsp3) is 0.625. The summed E-state index contributed by atoms with van der Waals surface area (Å²) in [5.41, 5.74) is 7.02. The van der Waals surface area contributed by atoms with Gasteiger partial charge in [0.25, 0.3) is 0 Å². The van der Waals surface area contributed by atoms with Gasteiger partial charge in [-0.25, -0.2) is 0 Å². The van der Waals surface area contributed by atoms with Gasteiger partial charge in [0.05, 0.1) is 6.61 Å². The van der Waals surface area contributed by atoms with Gasteiger partial charge in [-0.15, -0.1) is 0 Å². The van der Waals surface area contributed by atoms with E-state index in [0.717, 1.165) is 23.8 Å². The molecule has 1 aromatic carbocycles. The molecule has 0 aromatic heterocycles. The first-order valence-corrected chi connectivity index (χ1v) is 7.24. The van der Waals surface area contributed by atoms with Gasteiger partial charge in [0.2, 0.25) is 0 Å². The van der Waals surface area contributed by atoms with Crippen molar-refractivity contribution in [3.8, 4) is 5.75 Å². The second kappa shape index (κ2) is 6.79. The van der Waals surface area contributed by atoms with Crippen molar-refractivity contribution in [3.05, 3.63) is 29.8 Å². The molecule has 1 saturated carbocycles. The van der Waals surface area contributed by atoms with E-state index in [1.807, 2.05) is 19.1 Å². The van der Waals surface area contributed by atoms with Crippen LogP contribution in [0.2, 0.25) is 0 Å². The maximum atomic E-state index is 5.87. The summed E-state index contributed by atoms with van der Waals surface area (Å²) in [7, 11) is 0. The van der Waals surface area contributed by atoms with E-state index < -0.39 is 0 Å². The third kappa shape index (κ3) is 4.02. The first kappa shape index (κ1) is 13.4. The lowest BCUT2D eigenvalue weighted by molar-refractivity contribution is 0.246. The zero-order valence-corrected chi connectivity index (χ0v) is 11.4. The van der Waals surface area contributed by atoms with Crippen molar-refractivity contribution < 1.29 is 4.74 Å². The predicted octanol–water partition coefficient (Wildman–Crippen LogP) is 4.06. The number of hydrogen-bond acceptors (Lipinski definition) is 2. The van der Waals surface area contributed by atoms with Crippen LogP contribution in [0.25, 0.3) is 0 Å². The van der Waals surface area contributed by atoms with Crippen LogP contribution in [0.4, 0.5) is 0 Å². The number of benzene rings is 1. The Hall–Kier alpha value is -1.02. The van der Waals surface area contributed by atoms with E-state index in [1.54, 1.807) is 0 Å². The minimum Gasteiger partial charge on any atom is -0.494 e. The Morgan fingerprint density at radius 2 is 2.06 bits per heavy atom. The molecule has 0 saturated heterocycles. The highest BCUT2D eigenvalue weighted by Gasteiger charge is 2.13. The van der Waals surface area contributed by atoms with Crippen molar-refractivity contribution in [2.75, 3.05) is 6.61 Å². The standard InChI is InChI=1S/C16H25NO/c1-13(17)15-8-5-9-16(12-15)18-11-10-14-6-3-2-4-7-14/h5,8-9,12-14H,2-4,6-7,10-11,17H2,1H3. The SMILES string of the molecule is CC(N)c1cccc(OCCC2CCCCC2)c1. The quantitative estimate of drug-likeness (QED) is 0.851. The molecule has 2 rings (SSSR count). The Balaban J connectivity index is 1.77. The van der Waals surface area contributed by atoms with Gasteiger partial charge in [0.15, 0.2) is 0 Å². The molecule has 1 fully saturated rings. The highest BCUT2D eigenvalue weighted by atomic mass is 16.5. The van der Waals surface area contributed by atoms with E-state index in [1.165, 1.54) is 38.5 Å². The van der Waals surface area contributed by atoms with Crippen LogP contribution in [0.5, 0.6) is 5.75 Å². The number of rotatable bonds is 5. The fourth-order valence-electron chi connectivity index (χ4n) is 2.71. The van der Waals surface area contributed by atoms with Crippen LogP contribution in [0.3, 0.4) is 0 Å². The van der Waals surface area contributed by atoms with Gasteiger partial charge < -0.3 is 10.5 Å². The molecular weight excluding hydrogens is 222 g/mol. The molecule has 1 aromatic rings. The highest BCUT2D eigenvalue weighted by molar-refractivity contribution is 5.30. The minimum absolute atomic E-state index is 0.0758. The summed E-state index contributed by atoms with van der Waals surface area (Å²) in [6, 6.07) is 8.23. The van der Waals surface area contributed by atoms with Crippen molar-refractivity contribution in [3.63, 3.8) is 0 Å². The van der Waals surface area contributed by atoms with Gasteiger partial charge in [-0.2, -0.15) is 0 Å². The minimum atomic E-state index is 0.0758. The monoisotopic (exact) mass is 247 g/mol. The molecule has 2 N–H and O–H groups in total. The summed E-state index contributed by atoms with van der Waals surface area (Å²) in [6.07, 6.45) is 8.22. The predicted molar refractivity (Wildman–Crippen MR) is 75.7 cm³/mol. The summed E-state index contributed by atoms with van der Waals surface area (Å²) in [4.78, 5) is 0. The topological polar surface area (TPSA) is 35.2 Å². The average Bonchev–Trinajstić information content (AvgIpc) is 2.40. The summed E-state index contributed by atoms with van der Waals surface area (Å²) >= 11 is 0. The second-order valence-corrected chi connectivity index (χ2v) is 5.50. The number of nitrogens with two attached hydrogens (primary N) is 1. The molecule has 1 unspecified atom stereocenters.